The van der Waals surface area contributed by atoms with E-state index in [0.29, 0.717) is 18.5 Å². The second kappa shape index (κ2) is 7.88. The van der Waals surface area contributed by atoms with E-state index < -0.39 is 0 Å². The quantitative estimate of drug-likeness (QED) is 0.834. The van der Waals surface area contributed by atoms with Crippen LogP contribution < -0.4 is 15.0 Å². The Morgan fingerprint density at radius 3 is 2.50 bits per heavy atom. The van der Waals surface area contributed by atoms with Gasteiger partial charge in [0.1, 0.15) is 5.75 Å². The Morgan fingerprint density at radius 1 is 1.25 bits per heavy atom. The second-order valence-electron chi connectivity index (χ2n) is 6.86. The normalized spacial score (nSPS) is 19.6. The van der Waals surface area contributed by atoms with Gasteiger partial charge in [0.15, 0.2) is 0 Å². The molecule has 0 radical (unpaired) electrons. The molecule has 1 saturated heterocycles. The fraction of sp³-hybridized carbons (Fsp3) is 0.632. The number of anilines is 1. The third-order valence-electron chi connectivity index (χ3n) is 5.10. The number of methoxy groups -OCH3 is 1. The average molecular weight is 332 g/mol. The Hall–Kier alpha value is -1.75. The number of hydrogen-bond acceptors (Lipinski definition) is 4. The minimum absolute atomic E-state index is 0.102. The summed E-state index contributed by atoms with van der Waals surface area (Å²) in [5, 5.41) is 3.17. The smallest absolute Gasteiger partial charge is 0.239 e. The SMILES string of the molecule is COc1ccc(N(CC(=O)NC2CCOCC2)C(C)C2CC2)cc1. The van der Waals surface area contributed by atoms with Crippen LogP contribution in [0.15, 0.2) is 24.3 Å². The van der Waals surface area contributed by atoms with Gasteiger partial charge in [0.25, 0.3) is 0 Å². The molecule has 1 aliphatic heterocycles. The van der Waals surface area contributed by atoms with Crippen LogP contribution in [0.2, 0.25) is 0 Å². The Bertz CT molecular complexity index is 536. The first-order valence-electron chi connectivity index (χ1n) is 8.95. The summed E-state index contributed by atoms with van der Waals surface area (Å²) in [6.07, 6.45) is 4.34. The number of nitrogens with one attached hydrogen (secondary N) is 1. The first kappa shape index (κ1) is 17.1. The molecule has 24 heavy (non-hydrogen) atoms. The standard InChI is InChI=1S/C19H28N2O3/c1-14(15-3-4-15)21(17-5-7-18(23-2)8-6-17)13-19(22)20-16-9-11-24-12-10-16/h5-8,14-16H,3-4,9-13H2,1-2H3,(H,20,22). The van der Waals surface area contributed by atoms with Crippen LogP contribution >= 0.6 is 0 Å². The summed E-state index contributed by atoms with van der Waals surface area (Å²) in [5.41, 5.74) is 1.08. The third-order valence-corrected chi connectivity index (χ3v) is 5.10. The maximum Gasteiger partial charge on any atom is 0.239 e. The van der Waals surface area contributed by atoms with Crippen LogP contribution in [0.3, 0.4) is 0 Å². The van der Waals surface area contributed by atoms with E-state index in [9.17, 15) is 4.79 Å². The molecule has 3 rings (SSSR count). The lowest BCUT2D eigenvalue weighted by Crippen LogP contribution is -2.47. The van der Waals surface area contributed by atoms with E-state index in [1.165, 1.54) is 12.8 Å². The highest BCUT2D eigenvalue weighted by Gasteiger charge is 2.33. The third kappa shape index (κ3) is 4.41. The van der Waals surface area contributed by atoms with Gasteiger partial charge in [-0.2, -0.15) is 0 Å². The van der Waals surface area contributed by atoms with Crippen molar-refractivity contribution in [1.29, 1.82) is 0 Å². The van der Waals surface area contributed by atoms with Crippen LogP contribution in [0.1, 0.15) is 32.6 Å². The van der Waals surface area contributed by atoms with E-state index in [-0.39, 0.29) is 11.9 Å². The van der Waals surface area contributed by atoms with Gasteiger partial charge in [0.2, 0.25) is 5.91 Å². The average Bonchev–Trinajstić information content (AvgIpc) is 3.45. The lowest BCUT2D eigenvalue weighted by Gasteiger charge is -2.32. The van der Waals surface area contributed by atoms with E-state index in [1.807, 2.05) is 24.3 Å². The number of nitrogens with zero attached hydrogens (tertiary/aromatic N) is 1. The summed E-state index contributed by atoms with van der Waals surface area (Å²) in [4.78, 5) is 14.8. The van der Waals surface area contributed by atoms with Crippen LogP contribution in [-0.2, 0) is 9.53 Å². The lowest BCUT2D eigenvalue weighted by atomic mass is 10.1. The lowest BCUT2D eigenvalue weighted by molar-refractivity contribution is -0.121. The maximum atomic E-state index is 12.5. The van der Waals surface area contributed by atoms with Gasteiger partial charge in [-0.3, -0.25) is 4.79 Å². The molecular weight excluding hydrogens is 304 g/mol. The molecule has 1 unspecified atom stereocenters. The molecule has 0 aromatic heterocycles. The maximum absolute atomic E-state index is 12.5. The molecule has 5 nitrogen and oxygen atoms in total. The summed E-state index contributed by atoms with van der Waals surface area (Å²) in [7, 11) is 1.67. The van der Waals surface area contributed by atoms with Crippen molar-refractivity contribution in [2.75, 3.05) is 31.8 Å². The summed E-state index contributed by atoms with van der Waals surface area (Å²) >= 11 is 0. The molecule has 1 aromatic carbocycles. The minimum atomic E-state index is 0.102. The minimum Gasteiger partial charge on any atom is -0.497 e. The van der Waals surface area contributed by atoms with Gasteiger partial charge < -0.3 is 19.7 Å². The Kier molecular flexibility index (Phi) is 5.61. The molecule has 2 aliphatic rings. The van der Waals surface area contributed by atoms with Crippen LogP contribution in [0.4, 0.5) is 5.69 Å². The van der Waals surface area contributed by atoms with Crippen molar-refractivity contribution >= 4 is 11.6 Å². The van der Waals surface area contributed by atoms with Crippen molar-refractivity contribution in [2.24, 2.45) is 5.92 Å². The van der Waals surface area contributed by atoms with E-state index in [0.717, 1.165) is 37.5 Å². The molecule has 0 bridgehead atoms. The number of carbonyl (C=O) groups excluding carboxylic acids is 1. The summed E-state index contributed by atoms with van der Waals surface area (Å²) in [6.45, 7) is 4.11. The predicted octanol–water partition coefficient (Wildman–Crippen LogP) is 2.60. The predicted molar refractivity (Wildman–Crippen MR) is 94.5 cm³/mol. The molecule has 0 spiro atoms. The number of ether oxygens (including phenoxy) is 2. The Labute approximate surface area is 144 Å². The van der Waals surface area contributed by atoms with Crippen LogP contribution in [0.25, 0.3) is 0 Å². The van der Waals surface area contributed by atoms with Gasteiger partial charge in [0, 0.05) is 31.0 Å². The fourth-order valence-corrected chi connectivity index (χ4v) is 3.35. The van der Waals surface area contributed by atoms with Gasteiger partial charge in [-0.15, -0.1) is 0 Å². The number of carbonyl (C=O) groups is 1. The number of benzene rings is 1. The molecule has 1 heterocycles. The van der Waals surface area contributed by atoms with Crippen LogP contribution in [-0.4, -0.2) is 44.9 Å². The topological polar surface area (TPSA) is 50.8 Å². The molecule has 5 heteroatoms. The molecule has 1 aromatic rings. The van der Waals surface area contributed by atoms with Crippen molar-refractivity contribution in [3.8, 4) is 5.75 Å². The zero-order valence-electron chi connectivity index (χ0n) is 14.7. The summed E-state index contributed by atoms with van der Waals surface area (Å²) in [6, 6.07) is 8.62. The number of amides is 1. The largest absolute Gasteiger partial charge is 0.497 e. The van der Waals surface area contributed by atoms with Crippen molar-refractivity contribution in [3.05, 3.63) is 24.3 Å². The highest BCUT2D eigenvalue weighted by Crippen LogP contribution is 2.37. The fourth-order valence-electron chi connectivity index (χ4n) is 3.35. The van der Waals surface area contributed by atoms with Gasteiger partial charge in [-0.05, 0) is 62.8 Å². The highest BCUT2D eigenvalue weighted by molar-refractivity contribution is 5.81. The highest BCUT2D eigenvalue weighted by atomic mass is 16.5. The van der Waals surface area contributed by atoms with Gasteiger partial charge in [0.05, 0.1) is 13.7 Å². The van der Waals surface area contributed by atoms with E-state index in [2.05, 4.69) is 17.1 Å². The van der Waals surface area contributed by atoms with Gasteiger partial charge in [-0.25, -0.2) is 0 Å². The van der Waals surface area contributed by atoms with Crippen molar-refractivity contribution in [3.63, 3.8) is 0 Å². The van der Waals surface area contributed by atoms with Crippen molar-refractivity contribution < 1.29 is 14.3 Å². The zero-order valence-corrected chi connectivity index (χ0v) is 14.7. The number of rotatable bonds is 7. The summed E-state index contributed by atoms with van der Waals surface area (Å²) in [5.74, 6) is 1.64. The molecule has 2 fully saturated rings. The monoisotopic (exact) mass is 332 g/mol. The first-order valence-corrected chi connectivity index (χ1v) is 8.95. The molecular formula is C19H28N2O3. The summed E-state index contributed by atoms with van der Waals surface area (Å²) < 4.78 is 10.6. The Morgan fingerprint density at radius 2 is 1.92 bits per heavy atom. The number of hydrogen-bond donors (Lipinski definition) is 1. The second-order valence-corrected chi connectivity index (χ2v) is 6.86. The molecule has 1 N–H and O–H groups in total. The molecule has 1 amide bonds. The van der Waals surface area contributed by atoms with Crippen LogP contribution in [0, 0.1) is 5.92 Å². The van der Waals surface area contributed by atoms with Gasteiger partial charge in [-0.1, -0.05) is 0 Å². The molecule has 132 valence electrons. The van der Waals surface area contributed by atoms with E-state index in [4.69, 9.17) is 9.47 Å². The van der Waals surface area contributed by atoms with E-state index in [1.54, 1.807) is 7.11 Å². The molecule has 1 atom stereocenters. The van der Waals surface area contributed by atoms with E-state index >= 15 is 0 Å². The van der Waals surface area contributed by atoms with Crippen molar-refractivity contribution in [1.82, 2.24) is 5.32 Å². The first-order chi connectivity index (χ1) is 11.7. The zero-order chi connectivity index (χ0) is 16.9. The molecule has 1 aliphatic carbocycles. The molecule has 1 saturated carbocycles. The Balaban J connectivity index is 1.65. The van der Waals surface area contributed by atoms with Crippen molar-refractivity contribution in [2.45, 2.75) is 44.7 Å². The van der Waals surface area contributed by atoms with Crippen LogP contribution in [0.5, 0.6) is 5.75 Å². The van der Waals surface area contributed by atoms with Gasteiger partial charge >= 0.3 is 0 Å².